The molecule has 0 aromatic carbocycles. The van der Waals surface area contributed by atoms with Crippen LogP contribution in [-0.4, -0.2) is 33.1 Å². The molecule has 0 unspecified atom stereocenters. The van der Waals surface area contributed by atoms with E-state index in [1.54, 1.807) is 14.2 Å². The van der Waals surface area contributed by atoms with Crippen molar-refractivity contribution >= 4 is 5.97 Å². The first kappa shape index (κ1) is 14.5. The van der Waals surface area contributed by atoms with Gasteiger partial charge in [0, 0.05) is 20.1 Å². The number of rotatable bonds is 4. The fourth-order valence-corrected chi connectivity index (χ4v) is 4.02. The molecule has 2 aliphatic rings. The molecule has 0 aromatic heterocycles. The second-order valence-electron chi connectivity index (χ2n) is 5.78. The number of hydrogen-bond donors (Lipinski definition) is 0. The summed E-state index contributed by atoms with van der Waals surface area (Å²) in [4.78, 5) is 12.0. The van der Waals surface area contributed by atoms with Crippen LogP contribution < -0.4 is 0 Å². The molecule has 0 amide bonds. The van der Waals surface area contributed by atoms with Gasteiger partial charge in [0.15, 0.2) is 5.79 Å². The number of ether oxygens (including phenoxy) is 3. The van der Waals surface area contributed by atoms with Gasteiger partial charge in [-0.25, -0.2) is 0 Å². The van der Waals surface area contributed by atoms with E-state index in [1.165, 1.54) is 12.7 Å². The molecular weight excluding hydrogens is 244 g/mol. The Balaban J connectivity index is 2.29. The molecule has 4 heteroatoms. The molecule has 4 atom stereocenters. The van der Waals surface area contributed by atoms with Crippen molar-refractivity contribution in [1.29, 1.82) is 0 Å². The van der Waals surface area contributed by atoms with Gasteiger partial charge in [-0.2, -0.15) is 0 Å². The Bertz CT molecular complexity index is 372. The Labute approximate surface area is 115 Å². The van der Waals surface area contributed by atoms with E-state index in [2.05, 4.69) is 6.58 Å². The zero-order valence-electron chi connectivity index (χ0n) is 12.3. The number of fused-ring (bicyclic) bond motifs is 1. The molecule has 0 saturated heterocycles. The van der Waals surface area contributed by atoms with Crippen LogP contribution in [0, 0.1) is 23.7 Å². The van der Waals surface area contributed by atoms with Gasteiger partial charge in [-0.1, -0.05) is 12.2 Å². The molecule has 0 spiro atoms. The average Bonchev–Trinajstić information content (AvgIpc) is 2.99. The van der Waals surface area contributed by atoms with Crippen LogP contribution in [0.3, 0.4) is 0 Å². The van der Waals surface area contributed by atoms with Crippen LogP contribution in [0.1, 0.15) is 26.2 Å². The van der Waals surface area contributed by atoms with Crippen molar-refractivity contribution < 1.29 is 19.0 Å². The van der Waals surface area contributed by atoms with Gasteiger partial charge in [-0.15, -0.1) is 0 Å². The Morgan fingerprint density at radius 1 is 1.26 bits per heavy atom. The van der Waals surface area contributed by atoms with E-state index in [4.69, 9.17) is 14.2 Å². The molecule has 2 rings (SSSR count). The van der Waals surface area contributed by atoms with Gasteiger partial charge < -0.3 is 14.2 Å². The lowest BCUT2D eigenvalue weighted by Crippen LogP contribution is -2.43. The molecule has 19 heavy (non-hydrogen) atoms. The topological polar surface area (TPSA) is 44.8 Å². The number of hydrogen-bond acceptors (Lipinski definition) is 4. The van der Waals surface area contributed by atoms with Gasteiger partial charge in [0.05, 0.1) is 13.0 Å². The summed E-state index contributed by atoms with van der Waals surface area (Å²) in [7, 11) is 4.77. The van der Waals surface area contributed by atoms with E-state index in [-0.39, 0.29) is 23.7 Å². The van der Waals surface area contributed by atoms with Gasteiger partial charge in [-0.3, -0.25) is 4.79 Å². The lowest BCUT2D eigenvalue weighted by molar-refractivity contribution is -0.236. The van der Waals surface area contributed by atoms with Crippen molar-refractivity contribution in [2.45, 2.75) is 32.0 Å². The van der Waals surface area contributed by atoms with Crippen molar-refractivity contribution in [2.75, 3.05) is 21.3 Å². The van der Waals surface area contributed by atoms with Crippen LogP contribution in [0.25, 0.3) is 0 Å². The van der Waals surface area contributed by atoms with Gasteiger partial charge in [0.1, 0.15) is 0 Å². The SMILES string of the molecule is C=C1C[C@H](C(=O)OC)[C@H]2[C@H](C(C)(OC)OC)CC[C@@H]12. The number of methoxy groups -OCH3 is 3. The Morgan fingerprint density at radius 3 is 2.42 bits per heavy atom. The third-order valence-corrected chi connectivity index (χ3v) is 5.18. The van der Waals surface area contributed by atoms with Crippen molar-refractivity contribution in [3.8, 4) is 0 Å². The summed E-state index contributed by atoms with van der Waals surface area (Å²) in [6.45, 7) is 6.10. The highest BCUT2D eigenvalue weighted by Gasteiger charge is 2.56. The van der Waals surface area contributed by atoms with E-state index < -0.39 is 5.79 Å². The highest BCUT2D eigenvalue weighted by Crippen LogP contribution is 2.56. The zero-order valence-corrected chi connectivity index (χ0v) is 12.3. The van der Waals surface area contributed by atoms with Gasteiger partial charge in [0.25, 0.3) is 0 Å². The van der Waals surface area contributed by atoms with Gasteiger partial charge >= 0.3 is 5.97 Å². The van der Waals surface area contributed by atoms with E-state index >= 15 is 0 Å². The fourth-order valence-electron chi connectivity index (χ4n) is 4.02. The maximum absolute atomic E-state index is 12.0. The van der Waals surface area contributed by atoms with Crippen LogP contribution in [0.5, 0.6) is 0 Å². The van der Waals surface area contributed by atoms with Crippen LogP contribution in [-0.2, 0) is 19.0 Å². The number of carbonyl (C=O) groups excluding carboxylic acids is 1. The summed E-state index contributed by atoms with van der Waals surface area (Å²) in [5, 5.41) is 0. The molecule has 0 bridgehead atoms. The molecule has 2 saturated carbocycles. The largest absolute Gasteiger partial charge is 0.469 e. The van der Waals surface area contributed by atoms with Crippen molar-refractivity contribution in [2.24, 2.45) is 23.7 Å². The van der Waals surface area contributed by atoms with Crippen molar-refractivity contribution in [3.63, 3.8) is 0 Å². The molecule has 4 nitrogen and oxygen atoms in total. The minimum Gasteiger partial charge on any atom is -0.469 e. The van der Waals surface area contributed by atoms with Crippen molar-refractivity contribution in [3.05, 3.63) is 12.2 Å². The van der Waals surface area contributed by atoms with E-state index in [1.807, 2.05) is 6.92 Å². The summed E-state index contributed by atoms with van der Waals surface area (Å²) in [5.41, 5.74) is 1.18. The number of esters is 1. The fraction of sp³-hybridized carbons (Fsp3) is 0.800. The average molecular weight is 268 g/mol. The van der Waals surface area contributed by atoms with E-state index in [0.29, 0.717) is 5.92 Å². The van der Waals surface area contributed by atoms with E-state index in [0.717, 1.165) is 19.3 Å². The van der Waals surface area contributed by atoms with E-state index in [9.17, 15) is 4.79 Å². The minimum atomic E-state index is -0.643. The molecule has 0 heterocycles. The Hall–Kier alpha value is -0.870. The first-order chi connectivity index (χ1) is 8.98. The first-order valence-electron chi connectivity index (χ1n) is 6.84. The maximum Gasteiger partial charge on any atom is 0.309 e. The van der Waals surface area contributed by atoms with Gasteiger partial charge in [-0.05, 0) is 38.0 Å². The normalized spacial score (nSPS) is 34.4. The summed E-state index contributed by atoms with van der Waals surface area (Å²) in [5.74, 6) is -0.0369. The van der Waals surface area contributed by atoms with Crippen LogP contribution in [0.4, 0.5) is 0 Å². The smallest absolute Gasteiger partial charge is 0.309 e. The third-order valence-electron chi connectivity index (χ3n) is 5.18. The predicted octanol–water partition coefficient (Wildman–Crippen LogP) is 2.39. The van der Waals surface area contributed by atoms with Crippen molar-refractivity contribution in [1.82, 2.24) is 0 Å². The molecule has 0 N–H and O–H groups in total. The lowest BCUT2D eigenvalue weighted by atomic mass is 9.80. The second-order valence-corrected chi connectivity index (χ2v) is 5.78. The summed E-state index contributed by atoms with van der Waals surface area (Å²) >= 11 is 0. The molecule has 108 valence electrons. The highest BCUT2D eigenvalue weighted by molar-refractivity contribution is 5.74. The first-order valence-corrected chi connectivity index (χ1v) is 6.84. The molecule has 0 radical (unpaired) electrons. The molecule has 2 fully saturated rings. The predicted molar refractivity (Wildman–Crippen MR) is 71.4 cm³/mol. The summed E-state index contributed by atoms with van der Waals surface area (Å²) < 4.78 is 16.1. The second kappa shape index (κ2) is 5.25. The minimum absolute atomic E-state index is 0.0976. The summed E-state index contributed by atoms with van der Waals surface area (Å²) in [6.07, 6.45) is 2.80. The molecule has 0 aliphatic heterocycles. The highest BCUT2D eigenvalue weighted by atomic mass is 16.7. The standard InChI is InChI=1S/C15H24O4/c1-9-8-11(14(16)17-3)13-10(9)6-7-12(13)15(2,18-4)19-5/h10-13H,1,6-8H2,2-5H3/t10-,11-,12+,13-/m0/s1. The quantitative estimate of drug-likeness (QED) is 0.446. The summed E-state index contributed by atoms with van der Waals surface area (Å²) in [6, 6.07) is 0. The van der Waals surface area contributed by atoms with Crippen LogP contribution in [0.15, 0.2) is 12.2 Å². The number of carbonyl (C=O) groups is 1. The third kappa shape index (κ3) is 2.21. The monoisotopic (exact) mass is 268 g/mol. The molecule has 0 aromatic rings. The maximum atomic E-state index is 12.0. The Morgan fingerprint density at radius 2 is 1.89 bits per heavy atom. The molecular formula is C15H24O4. The lowest BCUT2D eigenvalue weighted by Gasteiger charge is -2.37. The molecule has 2 aliphatic carbocycles. The number of allylic oxidation sites excluding steroid dienone is 1. The Kier molecular flexibility index (Phi) is 4.02. The zero-order chi connectivity index (χ0) is 14.2. The van der Waals surface area contributed by atoms with Crippen LogP contribution in [0.2, 0.25) is 0 Å². The van der Waals surface area contributed by atoms with Gasteiger partial charge in [0.2, 0.25) is 0 Å². The van der Waals surface area contributed by atoms with Crippen LogP contribution >= 0.6 is 0 Å².